The van der Waals surface area contributed by atoms with Crippen molar-refractivity contribution in [3.05, 3.63) is 16.4 Å². The zero-order valence-electron chi connectivity index (χ0n) is 11.1. The standard InChI is InChI=1S/C11H12ClF3N4O2/c1-6-9(12)7(2)18(17-6)5-8(20)19-10(21,3-4-16-19)11(13,14)15/h4,21H,3,5H2,1-2H3/t10-/m0/s1. The second kappa shape index (κ2) is 4.99. The lowest BCUT2D eigenvalue weighted by Crippen LogP contribution is -2.57. The van der Waals surface area contributed by atoms with Gasteiger partial charge in [-0.25, -0.2) is 0 Å². The van der Waals surface area contributed by atoms with Gasteiger partial charge in [-0.05, 0) is 13.8 Å². The number of aryl methyl sites for hydroxylation is 1. The van der Waals surface area contributed by atoms with Crippen LogP contribution in [-0.2, 0) is 11.3 Å². The first-order chi connectivity index (χ1) is 9.58. The summed E-state index contributed by atoms with van der Waals surface area (Å²) >= 11 is 5.90. The number of carbonyl (C=O) groups excluding carboxylic acids is 1. The summed E-state index contributed by atoms with van der Waals surface area (Å²) in [5.74, 6) is -1.04. The zero-order valence-corrected chi connectivity index (χ0v) is 11.9. The maximum atomic E-state index is 12.9. The number of aromatic nitrogens is 2. The van der Waals surface area contributed by atoms with Gasteiger partial charge in [0.15, 0.2) is 0 Å². The summed E-state index contributed by atoms with van der Waals surface area (Å²) in [6.45, 7) is 2.68. The molecular formula is C11H12ClF3N4O2. The van der Waals surface area contributed by atoms with Crippen LogP contribution in [0.3, 0.4) is 0 Å². The minimum Gasteiger partial charge on any atom is -0.362 e. The summed E-state index contributed by atoms with van der Waals surface area (Å²) in [5.41, 5.74) is -2.41. The molecule has 1 atom stereocenters. The third-order valence-corrected chi connectivity index (χ3v) is 3.74. The molecule has 2 rings (SSSR count). The molecule has 0 spiro atoms. The Morgan fingerprint density at radius 3 is 2.62 bits per heavy atom. The highest BCUT2D eigenvalue weighted by Gasteiger charge is 2.61. The van der Waals surface area contributed by atoms with Crippen molar-refractivity contribution in [2.75, 3.05) is 0 Å². The quantitative estimate of drug-likeness (QED) is 0.898. The van der Waals surface area contributed by atoms with Crippen LogP contribution in [0.2, 0.25) is 5.02 Å². The third-order valence-electron chi connectivity index (χ3n) is 3.19. The number of alkyl halides is 3. The molecule has 6 nitrogen and oxygen atoms in total. The molecule has 1 aliphatic rings. The number of nitrogens with zero attached hydrogens (tertiary/aromatic N) is 4. The maximum absolute atomic E-state index is 12.9. The lowest BCUT2D eigenvalue weighted by Gasteiger charge is -2.32. The molecule has 1 aromatic heterocycles. The van der Waals surface area contributed by atoms with Crippen molar-refractivity contribution in [2.45, 2.75) is 38.7 Å². The molecule has 10 heteroatoms. The largest absolute Gasteiger partial charge is 0.438 e. The maximum Gasteiger partial charge on any atom is 0.438 e. The van der Waals surface area contributed by atoms with Gasteiger partial charge in [0.05, 0.1) is 16.4 Å². The number of hydrogen-bond acceptors (Lipinski definition) is 4. The number of hydrazone groups is 1. The van der Waals surface area contributed by atoms with Gasteiger partial charge in [-0.15, -0.1) is 0 Å². The number of aliphatic hydroxyl groups is 1. The minimum atomic E-state index is -5.01. The van der Waals surface area contributed by atoms with Crippen molar-refractivity contribution < 1.29 is 23.1 Å². The number of hydrogen-bond donors (Lipinski definition) is 1. The van der Waals surface area contributed by atoms with E-state index in [-0.39, 0.29) is 5.01 Å². The van der Waals surface area contributed by atoms with Crippen molar-refractivity contribution in [1.82, 2.24) is 14.8 Å². The van der Waals surface area contributed by atoms with Gasteiger partial charge >= 0.3 is 6.18 Å². The summed E-state index contributed by atoms with van der Waals surface area (Å²) < 4.78 is 39.8. The van der Waals surface area contributed by atoms with Crippen LogP contribution < -0.4 is 0 Å². The van der Waals surface area contributed by atoms with Crippen LogP contribution >= 0.6 is 11.6 Å². The second-order valence-electron chi connectivity index (χ2n) is 4.66. The summed E-state index contributed by atoms with van der Waals surface area (Å²) in [6.07, 6.45) is -4.97. The second-order valence-corrected chi connectivity index (χ2v) is 5.04. The van der Waals surface area contributed by atoms with E-state index in [1.54, 1.807) is 13.8 Å². The van der Waals surface area contributed by atoms with E-state index in [1.165, 1.54) is 4.68 Å². The predicted molar refractivity (Wildman–Crippen MR) is 67.7 cm³/mol. The summed E-state index contributed by atoms with van der Waals surface area (Å²) in [6, 6.07) is 0. The normalized spacial score (nSPS) is 22.1. The van der Waals surface area contributed by atoms with Crippen LogP contribution in [0.4, 0.5) is 13.2 Å². The molecule has 0 unspecified atom stereocenters. The topological polar surface area (TPSA) is 70.7 Å². The van der Waals surface area contributed by atoms with E-state index in [9.17, 15) is 23.1 Å². The third kappa shape index (κ3) is 2.51. The first-order valence-corrected chi connectivity index (χ1v) is 6.30. The molecule has 1 aromatic rings. The van der Waals surface area contributed by atoms with Gasteiger partial charge in [-0.1, -0.05) is 11.6 Å². The Hall–Kier alpha value is -1.61. The Bertz CT molecular complexity index is 613. The van der Waals surface area contributed by atoms with E-state index in [4.69, 9.17) is 11.6 Å². The van der Waals surface area contributed by atoms with Crippen LogP contribution in [0.25, 0.3) is 0 Å². The van der Waals surface area contributed by atoms with Gasteiger partial charge in [0, 0.05) is 12.6 Å². The van der Waals surface area contributed by atoms with Crippen molar-refractivity contribution in [2.24, 2.45) is 5.10 Å². The first kappa shape index (κ1) is 15.8. The van der Waals surface area contributed by atoms with Crippen molar-refractivity contribution in [3.8, 4) is 0 Å². The molecule has 21 heavy (non-hydrogen) atoms. The highest BCUT2D eigenvalue weighted by molar-refractivity contribution is 6.31. The lowest BCUT2D eigenvalue weighted by atomic mass is 10.1. The Morgan fingerprint density at radius 2 is 2.14 bits per heavy atom. The van der Waals surface area contributed by atoms with Crippen LogP contribution in [0.1, 0.15) is 17.8 Å². The highest BCUT2D eigenvalue weighted by Crippen LogP contribution is 2.38. The number of carbonyl (C=O) groups is 1. The summed E-state index contributed by atoms with van der Waals surface area (Å²) in [5, 5.41) is 17.3. The van der Waals surface area contributed by atoms with Crippen LogP contribution in [0.15, 0.2) is 5.10 Å². The van der Waals surface area contributed by atoms with E-state index in [0.29, 0.717) is 16.4 Å². The lowest BCUT2D eigenvalue weighted by molar-refractivity contribution is -0.302. The molecule has 1 N–H and O–H groups in total. The fourth-order valence-electron chi connectivity index (χ4n) is 1.96. The van der Waals surface area contributed by atoms with E-state index >= 15 is 0 Å². The molecule has 0 radical (unpaired) electrons. The van der Waals surface area contributed by atoms with Crippen LogP contribution in [0.5, 0.6) is 0 Å². The molecular weight excluding hydrogens is 313 g/mol. The fraction of sp³-hybridized carbons (Fsp3) is 0.545. The van der Waals surface area contributed by atoms with Gasteiger partial charge in [0.1, 0.15) is 6.54 Å². The zero-order chi connectivity index (χ0) is 16.0. The molecule has 0 aliphatic carbocycles. The highest BCUT2D eigenvalue weighted by atomic mass is 35.5. The predicted octanol–water partition coefficient (Wildman–Crippen LogP) is 1.62. The van der Waals surface area contributed by atoms with Gasteiger partial charge < -0.3 is 5.11 Å². The minimum absolute atomic E-state index is 0.0390. The molecule has 0 saturated carbocycles. The van der Waals surface area contributed by atoms with E-state index in [0.717, 1.165) is 6.21 Å². The number of rotatable bonds is 2. The van der Waals surface area contributed by atoms with Gasteiger partial charge in [-0.3, -0.25) is 9.48 Å². The molecule has 0 fully saturated rings. The summed E-state index contributed by atoms with van der Waals surface area (Å²) in [4.78, 5) is 12.0. The first-order valence-electron chi connectivity index (χ1n) is 5.92. The van der Waals surface area contributed by atoms with E-state index in [1.807, 2.05) is 0 Å². The molecule has 1 amide bonds. The van der Waals surface area contributed by atoms with E-state index in [2.05, 4.69) is 10.2 Å². The Morgan fingerprint density at radius 1 is 1.52 bits per heavy atom. The fourth-order valence-corrected chi connectivity index (χ4v) is 2.10. The van der Waals surface area contributed by atoms with Gasteiger partial charge in [0.25, 0.3) is 11.6 Å². The van der Waals surface area contributed by atoms with E-state index < -0.39 is 30.8 Å². The molecule has 116 valence electrons. The molecule has 0 saturated heterocycles. The van der Waals surface area contributed by atoms with Crippen LogP contribution in [0, 0.1) is 13.8 Å². The smallest absolute Gasteiger partial charge is 0.362 e. The average molecular weight is 325 g/mol. The molecule has 0 bridgehead atoms. The number of amides is 1. The van der Waals surface area contributed by atoms with Crippen LogP contribution in [-0.4, -0.2) is 43.9 Å². The van der Waals surface area contributed by atoms with Crippen molar-refractivity contribution >= 4 is 23.7 Å². The molecule has 1 aliphatic heterocycles. The van der Waals surface area contributed by atoms with Gasteiger partial charge in [0.2, 0.25) is 0 Å². The SMILES string of the molecule is Cc1nn(CC(=O)N2N=CC[C@]2(O)C(F)(F)F)c(C)c1Cl. The summed E-state index contributed by atoms with van der Waals surface area (Å²) in [7, 11) is 0. The Kier molecular flexibility index (Phi) is 3.75. The van der Waals surface area contributed by atoms with Crippen molar-refractivity contribution in [3.63, 3.8) is 0 Å². The molecule has 0 aromatic carbocycles. The monoisotopic (exact) mass is 324 g/mol. The Balaban J connectivity index is 2.24. The van der Waals surface area contributed by atoms with Gasteiger partial charge in [-0.2, -0.15) is 28.4 Å². The Labute approximate surface area is 122 Å². The average Bonchev–Trinajstić information content (AvgIpc) is 2.87. The number of halogens is 4. The molecule has 2 heterocycles. The van der Waals surface area contributed by atoms with Crippen molar-refractivity contribution in [1.29, 1.82) is 0 Å².